The number of nitrogens with zero attached hydrogens (tertiary/aromatic N) is 5. The second-order valence-electron chi connectivity index (χ2n) is 16.3. The van der Waals surface area contributed by atoms with Gasteiger partial charge in [0.15, 0.2) is 0 Å². The number of ether oxygens (including phenoxy) is 1. The first-order valence-corrected chi connectivity index (χ1v) is 19.6. The van der Waals surface area contributed by atoms with Gasteiger partial charge in [-0.2, -0.15) is 0 Å². The molecule has 8 heteroatoms. The molecular weight excluding hydrogens is 598 g/mol. The normalized spacial score (nSPS) is 25.0. The van der Waals surface area contributed by atoms with E-state index in [1.54, 1.807) is 0 Å². The fourth-order valence-electron chi connectivity index (χ4n) is 9.63. The number of piperidine rings is 3. The first kappa shape index (κ1) is 36.0. The minimum absolute atomic E-state index is 0.163. The van der Waals surface area contributed by atoms with Crippen LogP contribution in [0.25, 0.3) is 0 Å². The third-order valence-electron chi connectivity index (χ3n) is 13.1. The summed E-state index contributed by atoms with van der Waals surface area (Å²) in [6.45, 7) is 19.7. The molecule has 8 nitrogen and oxygen atoms in total. The molecule has 0 bridgehead atoms. The van der Waals surface area contributed by atoms with Crippen LogP contribution in [0.3, 0.4) is 0 Å². The molecule has 2 unspecified atom stereocenters. The zero-order chi connectivity index (χ0) is 33.7. The summed E-state index contributed by atoms with van der Waals surface area (Å²) in [5, 5.41) is 20.8. The summed E-state index contributed by atoms with van der Waals surface area (Å²) in [5.41, 5.74) is 1.39. The zero-order valence-corrected chi connectivity index (χ0v) is 30.8. The molecule has 0 radical (unpaired) electrons. The number of hydrogen-bond acceptors (Lipinski definition) is 8. The quantitative estimate of drug-likeness (QED) is 0.268. The fourth-order valence-corrected chi connectivity index (χ4v) is 9.63. The standard InChI is InChI=1S/C40H65N5O3/c1-6-37(11-10-31(4)44-20-12-34(13-21-44)35-14-26-47-27-15-35)45-24-18-40(46,19-25-45)36-9-7-8-33(28-36)29-39(38-42-41-32(5)48-38)16-22-43(23-17-39)30(2)3/h7-9,28,30-31,34-35,37,46H,6,10-27,29H2,1-5H3. The molecule has 0 amide bonds. The van der Waals surface area contributed by atoms with Crippen LogP contribution in [0.2, 0.25) is 0 Å². The molecule has 0 spiro atoms. The molecular formula is C40H65N5O3. The van der Waals surface area contributed by atoms with Crippen molar-refractivity contribution in [2.75, 3.05) is 52.5 Å². The van der Waals surface area contributed by atoms with Crippen molar-refractivity contribution in [2.45, 2.75) is 141 Å². The van der Waals surface area contributed by atoms with E-state index in [0.717, 1.165) is 94.8 Å². The van der Waals surface area contributed by atoms with Gasteiger partial charge in [0.05, 0.1) is 11.0 Å². The topological polar surface area (TPSA) is 78.1 Å². The van der Waals surface area contributed by atoms with Crippen molar-refractivity contribution in [1.82, 2.24) is 24.9 Å². The second-order valence-corrected chi connectivity index (χ2v) is 16.3. The minimum atomic E-state index is -0.776. The molecule has 4 aliphatic rings. The lowest BCUT2D eigenvalue weighted by Gasteiger charge is -2.43. The van der Waals surface area contributed by atoms with E-state index < -0.39 is 5.60 Å². The van der Waals surface area contributed by atoms with Gasteiger partial charge >= 0.3 is 0 Å². The summed E-state index contributed by atoms with van der Waals surface area (Å²) in [6, 6.07) is 10.6. The number of aliphatic hydroxyl groups is 1. The van der Waals surface area contributed by atoms with Crippen LogP contribution in [-0.2, 0) is 22.2 Å². The van der Waals surface area contributed by atoms with Crippen LogP contribution in [0.5, 0.6) is 0 Å². The van der Waals surface area contributed by atoms with Gasteiger partial charge in [-0.3, -0.25) is 0 Å². The van der Waals surface area contributed by atoms with Crippen molar-refractivity contribution in [3.63, 3.8) is 0 Å². The molecule has 2 atom stereocenters. The van der Waals surface area contributed by atoms with Gasteiger partial charge in [-0.1, -0.05) is 31.2 Å². The highest BCUT2D eigenvalue weighted by molar-refractivity contribution is 5.31. The molecule has 5 heterocycles. The lowest BCUT2D eigenvalue weighted by atomic mass is 9.72. The van der Waals surface area contributed by atoms with Crippen molar-refractivity contribution in [3.8, 4) is 0 Å². The molecule has 48 heavy (non-hydrogen) atoms. The summed E-state index contributed by atoms with van der Waals surface area (Å²) >= 11 is 0. The van der Waals surface area contributed by atoms with Gasteiger partial charge in [-0.15, -0.1) is 10.2 Å². The highest BCUT2D eigenvalue weighted by Crippen LogP contribution is 2.41. The Morgan fingerprint density at radius 2 is 1.50 bits per heavy atom. The maximum Gasteiger partial charge on any atom is 0.223 e. The second kappa shape index (κ2) is 16.0. The van der Waals surface area contributed by atoms with Gasteiger partial charge in [0.25, 0.3) is 0 Å². The van der Waals surface area contributed by atoms with E-state index in [9.17, 15) is 5.11 Å². The van der Waals surface area contributed by atoms with Gasteiger partial charge in [0.1, 0.15) is 0 Å². The Morgan fingerprint density at radius 1 is 0.833 bits per heavy atom. The molecule has 0 saturated carbocycles. The summed E-state index contributed by atoms with van der Waals surface area (Å²) in [5.74, 6) is 3.22. The predicted octanol–water partition coefficient (Wildman–Crippen LogP) is 6.73. The number of likely N-dealkylation sites (tertiary alicyclic amines) is 3. The maximum absolute atomic E-state index is 12.0. The van der Waals surface area contributed by atoms with Gasteiger partial charge in [-0.25, -0.2) is 0 Å². The Labute approximate surface area is 291 Å². The monoisotopic (exact) mass is 664 g/mol. The average molecular weight is 664 g/mol. The van der Waals surface area contributed by atoms with Crippen LogP contribution < -0.4 is 0 Å². The Balaban J connectivity index is 1.02. The number of benzene rings is 1. The van der Waals surface area contributed by atoms with Crippen molar-refractivity contribution < 1.29 is 14.3 Å². The van der Waals surface area contributed by atoms with E-state index in [1.807, 2.05) is 6.92 Å². The smallest absolute Gasteiger partial charge is 0.223 e. The van der Waals surface area contributed by atoms with E-state index in [0.29, 0.717) is 24.0 Å². The molecule has 2 aromatic rings. The lowest BCUT2D eigenvalue weighted by Crippen LogP contribution is -2.48. The Kier molecular flexibility index (Phi) is 12.0. The minimum Gasteiger partial charge on any atom is -0.425 e. The van der Waals surface area contributed by atoms with Gasteiger partial charge < -0.3 is 29.0 Å². The molecule has 0 aliphatic carbocycles. The molecule has 4 fully saturated rings. The molecule has 4 saturated heterocycles. The predicted molar refractivity (Wildman–Crippen MR) is 192 cm³/mol. The van der Waals surface area contributed by atoms with Crippen LogP contribution in [0.1, 0.15) is 121 Å². The number of aryl methyl sites for hydroxylation is 1. The highest BCUT2D eigenvalue weighted by atomic mass is 16.5. The van der Waals surface area contributed by atoms with Gasteiger partial charge in [0, 0.05) is 51.4 Å². The fraction of sp³-hybridized carbons (Fsp3) is 0.800. The SMILES string of the molecule is CCC(CCC(C)N1CCC(C2CCOCC2)CC1)N1CCC(O)(c2cccc(CC3(c4nnc(C)o4)CCN(C(C)C)CC3)c2)CC1. The number of hydrogen-bond donors (Lipinski definition) is 1. The van der Waals surface area contributed by atoms with E-state index in [2.05, 4.69) is 76.9 Å². The molecule has 6 rings (SSSR count). The molecule has 1 N–H and O–H groups in total. The Hall–Kier alpha value is -1.84. The van der Waals surface area contributed by atoms with Crippen molar-refractivity contribution >= 4 is 0 Å². The van der Waals surface area contributed by atoms with Crippen LogP contribution >= 0.6 is 0 Å². The van der Waals surface area contributed by atoms with Crippen LogP contribution in [0.4, 0.5) is 0 Å². The Morgan fingerprint density at radius 3 is 2.12 bits per heavy atom. The Bertz CT molecular complexity index is 1270. The molecule has 268 valence electrons. The van der Waals surface area contributed by atoms with Gasteiger partial charge in [-0.05, 0) is 147 Å². The summed E-state index contributed by atoms with van der Waals surface area (Å²) in [7, 11) is 0. The lowest BCUT2D eigenvalue weighted by molar-refractivity contribution is -0.0378. The van der Waals surface area contributed by atoms with Crippen LogP contribution in [-0.4, -0.2) is 101 Å². The number of aromatic nitrogens is 2. The maximum atomic E-state index is 12.0. The van der Waals surface area contributed by atoms with Crippen LogP contribution in [0, 0.1) is 18.8 Å². The van der Waals surface area contributed by atoms with Crippen LogP contribution in [0.15, 0.2) is 28.7 Å². The zero-order valence-electron chi connectivity index (χ0n) is 30.8. The van der Waals surface area contributed by atoms with E-state index >= 15 is 0 Å². The van der Waals surface area contributed by atoms with E-state index in [4.69, 9.17) is 9.15 Å². The van der Waals surface area contributed by atoms with E-state index in [-0.39, 0.29) is 5.41 Å². The largest absolute Gasteiger partial charge is 0.425 e. The van der Waals surface area contributed by atoms with E-state index in [1.165, 1.54) is 63.6 Å². The van der Waals surface area contributed by atoms with Gasteiger partial charge in [0.2, 0.25) is 11.8 Å². The molecule has 4 aliphatic heterocycles. The van der Waals surface area contributed by atoms with Crippen molar-refractivity contribution in [2.24, 2.45) is 11.8 Å². The van der Waals surface area contributed by atoms with Crippen molar-refractivity contribution in [1.29, 1.82) is 0 Å². The average Bonchev–Trinajstić information content (AvgIpc) is 3.57. The summed E-state index contributed by atoms with van der Waals surface area (Å²) in [6.07, 6.45) is 13.4. The molecule has 1 aromatic heterocycles. The highest BCUT2D eigenvalue weighted by Gasteiger charge is 2.42. The molecule has 1 aromatic carbocycles. The third kappa shape index (κ3) is 8.37. The van der Waals surface area contributed by atoms with Crippen molar-refractivity contribution in [3.05, 3.63) is 47.2 Å². The summed E-state index contributed by atoms with van der Waals surface area (Å²) in [4.78, 5) is 8.00. The first-order valence-electron chi connectivity index (χ1n) is 19.6. The third-order valence-corrected chi connectivity index (χ3v) is 13.1. The summed E-state index contributed by atoms with van der Waals surface area (Å²) < 4.78 is 11.7. The number of rotatable bonds is 12. The first-order chi connectivity index (χ1) is 23.2.